The Morgan fingerprint density at radius 2 is 1.72 bits per heavy atom. The number of rotatable bonds is 4. The molecular weight excluding hydrogens is 346 g/mol. The van der Waals surface area contributed by atoms with Gasteiger partial charge in [0, 0.05) is 19.8 Å². The molecule has 136 valence electrons. The molecule has 2 N–H and O–H groups in total. The highest BCUT2D eigenvalue weighted by Gasteiger charge is 2.16. The molecule has 0 radical (unpaired) electrons. The van der Waals surface area contributed by atoms with Crippen molar-refractivity contribution in [1.82, 2.24) is 9.13 Å². The predicted octanol–water partition coefficient (Wildman–Crippen LogP) is 0.524. The molecule has 2 rings (SSSR count). The van der Waals surface area contributed by atoms with Crippen molar-refractivity contribution in [3.05, 3.63) is 56.4 Å². The first-order chi connectivity index (χ1) is 11.3. The summed E-state index contributed by atoms with van der Waals surface area (Å²) in [6.07, 6.45) is 0.344. The highest BCUT2D eigenvalue weighted by molar-refractivity contribution is 5.85. The molecule has 0 aliphatic carbocycles. The molecule has 7 nitrogen and oxygen atoms in total. The molecule has 2 aromatic rings. The second kappa shape index (κ2) is 8.13. The third-order valence-electron chi connectivity index (χ3n) is 4.16. The Hall–Kier alpha value is -2.38. The first-order valence-corrected chi connectivity index (χ1v) is 7.47. The van der Waals surface area contributed by atoms with Gasteiger partial charge in [0.25, 0.3) is 5.56 Å². The minimum atomic E-state index is -0.729. The Morgan fingerprint density at radius 1 is 1.16 bits per heavy atom. The summed E-state index contributed by atoms with van der Waals surface area (Å²) in [5, 5.41) is 0. The zero-order chi connectivity index (χ0) is 18.0. The summed E-state index contributed by atoms with van der Waals surface area (Å²) < 4.78 is 7.13. The number of aromatic nitrogens is 2. The van der Waals surface area contributed by atoms with E-state index in [1.54, 1.807) is 26.1 Å². The van der Waals surface area contributed by atoms with Gasteiger partial charge in [-0.1, -0.05) is 24.3 Å². The fourth-order valence-electron chi connectivity index (χ4n) is 2.57. The summed E-state index contributed by atoms with van der Waals surface area (Å²) in [7, 11) is 4.38. The SMILES string of the molecule is COC(=O)[C@@H](N)Cc1ccc(-c2c(C)n(C)c(=O)n(C)c2=O)cc1.Cl. The summed E-state index contributed by atoms with van der Waals surface area (Å²) in [6.45, 7) is 1.74. The smallest absolute Gasteiger partial charge is 0.330 e. The molecule has 25 heavy (non-hydrogen) atoms. The van der Waals surface area contributed by atoms with E-state index in [0.717, 1.165) is 10.1 Å². The molecule has 1 aromatic heterocycles. The molecule has 1 aromatic carbocycles. The second-order valence-corrected chi connectivity index (χ2v) is 5.70. The lowest BCUT2D eigenvalue weighted by Gasteiger charge is -2.13. The van der Waals surface area contributed by atoms with Gasteiger partial charge in [0.15, 0.2) is 0 Å². The van der Waals surface area contributed by atoms with Gasteiger partial charge in [0.2, 0.25) is 0 Å². The third-order valence-corrected chi connectivity index (χ3v) is 4.16. The zero-order valence-corrected chi connectivity index (χ0v) is 15.4. The Balaban J connectivity index is 0.00000312. The van der Waals surface area contributed by atoms with Gasteiger partial charge in [-0.05, 0) is 24.5 Å². The van der Waals surface area contributed by atoms with E-state index in [0.29, 0.717) is 23.2 Å². The summed E-state index contributed by atoms with van der Waals surface area (Å²) in [4.78, 5) is 35.7. The average molecular weight is 368 g/mol. The van der Waals surface area contributed by atoms with E-state index in [4.69, 9.17) is 5.73 Å². The molecule has 0 aliphatic heterocycles. The van der Waals surface area contributed by atoms with Crippen molar-refractivity contribution < 1.29 is 9.53 Å². The molecule has 0 saturated carbocycles. The van der Waals surface area contributed by atoms with Crippen LogP contribution in [-0.4, -0.2) is 28.3 Å². The number of nitrogens with two attached hydrogens (primary N) is 1. The monoisotopic (exact) mass is 367 g/mol. The van der Waals surface area contributed by atoms with Crippen molar-refractivity contribution >= 4 is 18.4 Å². The van der Waals surface area contributed by atoms with Gasteiger partial charge in [0.05, 0.1) is 12.7 Å². The van der Waals surface area contributed by atoms with Crippen LogP contribution in [-0.2, 0) is 30.0 Å². The minimum Gasteiger partial charge on any atom is -0.468 e. The van der Waals surface area contributed by atoms with Crippen molar-refractivity contribution in [2.75, 3.05) is 7.11 Å². The Morgan fingerprint density at radius 3 is 2.24 bits per heavy atom. The molecule has 0 saturated heterocycles. The fourth-order valence-corrected chi connectivity index (χ4v) is 2.57. The highest BCUT2D eigenvalue weighted by atomic mass is 35.5. The number of benzene rings is 1. The second-order valence-electron chi connectivity index (χ2n) is 5.70. The van der Waals surface area contributed by atoms with Crippen LogP contribution in [0, 0.1) is 6.92 Å². The third kappa shape index (κ3) is 4.00. The fraction of sp³-hybridized carbons (Fsp3) is 0.353. The number of hydrogen-bond donors (Lipinski definition) is 1. The number of ether oxygens (including phenoxy) is 1. The van der Waals surface area contributed by atoms with E-state index >= 15 is 0 Å². The maximum atomic E-state index is 12.4. The van der Waals surface area contributed by atoms with E-state index in [1.165, 1.54) is 18.7 Å². The van der Waals surface area contributed by atoms with E-state index in [9.17, 15) is 14.4 Å². The normalized spacial score (nSPS) is 11.6. The van der Waals surface area contributed by atoms with Crippen LogP contribution in [0.15, 0.2) is 33.9 Å². The number of carbonyl (C=O) groups is 1. The number of esters is 1. The molecular formula is C17H22ClN3O4. The van der Waals surface area contributed by atoms with Crippen LogP contribution < -0.4 is 17.0 Å². The lowest BCUT2D eigenvalue weighted by Crippen LogP contribution is -2.39. The number of methoxy groups -OCH3 is 1. The predicted molar refractivity (Wildman–Crippen MR) is 98.0 cm³/mol. The van der Waals surface area contributed by atoms with E-state index in [2.05, 4.69) is 4.74 Å². The molecule has 8 heteroatoms. The molecule has 0 aliphatic rings. The highest BCUT2D eigenvalue weighted by Crippen LogP contribution is 2.19. The van der Waals surface area contributed by atoms with Gasteiger partial charge in [0.1, 0.15) is 6.04 Å². The zero-order valence-electron chi connectivity index (χ0n) is 14.6. The van der Waals surface area contributed by atoms with Gasteiger partial charge >= 0.3 is 11.7 Å². The quantitative estimate of drug-likeness (QED) is 0.795. The molecule has 1 atom stereocenters. The van der Waals surface area contributed by atoms with Gasteiger partial charge in [-0.2, -0.15) is 0 Å². The molecule has 1 heterocycles. The Bertz CT molecular complexity index is 884. The van der Waals surface area contributed by atoms with Crippen LogP contribution >= 0.6 is 12.4 Å². The van der Waals surface area contributed by atoms with Crippen LogP contribution in [0.2, 0.25) is 0 Å². The molecule has 0 spiro atoms. The van der Waals surface area contributed by atoms with Gasteiger partial charge < -0.3 is 15.0 Å². The summed E-state index contributed by atoms with van der Waals surface area (Å²) >= 11 is 0. The average Bonchev–Trinajstić information content (AvgIpc) is 2.59. The topological polar surface area (TPSA) is 96.3 Å². The number of halogens is 1. The summed E-state index contributed by atoms with van der Waals surface area (Å²) in [6, 6.07) is 6.46. The first kappa shape index (κ1) is 20.7. The van der Waals surface area contributed by atoms with Crippen molar-refractivity contribution in [3.63, 3.8) is 0 Å². The number of hydrogen-bond acceptors (Lipinski definition) is 5. The standard InChI is InChI=1S/C17H21N3O4.ClH/c1-10-14(15(21)20(3)17(23)19(10)2)12-7-5-11(6-8-12)9-13(18)16(22)24-4;/h5-8,13H,9,18H2,1-4H3;1H/t13-;/m0./s1. The maximum absolute atomic E-state index is 12.4. The largest absolute Gasteiger partial charge is 0.468 e. The van der Waals surface area contributed by atoms with Crippen LogP contribution in [0.5, 0.6) is 0 Å². The Labute approximate surface area is 151 Å². The first-order valence-electron chi connectivity index (χ1n) is 7.47. The summed E-state index contributed by atoms with van der Waals surface area (Å²) in [5.41, 5.74) is 7.69. The maximum Gasteiger partial charge on any atom is 0.330 e. The lowest BCUT2D eigenvalue weighted by atomic mass is 10.0. The number of carbonyl (C=O) groups excluding carboxylic acids is 1. The minimum absolute atomic E-state index is 0. The molecule has 0 amide bonds. The van der Waals surface area contributed by atoms with Crippen LogP contribution in [0.25, 0.3) is 11.1 Å². The van der Waals surface area contributed by atoms with Crippen LogP contribution in [0.4, 0.5) is 0 Å². The van der Waals surface area contributed by atoms with Crippen LogP contribution in [0.3, 0.4) is 0 Å². The van der Waals surface area contributed by atoms with Gasteiger partial charge in [-0.3, -0.25) is 14.2 Å². The molecule has 0 bridgehead atoms. The van der Waals surface area contributed by atoms with E-state index in [1.807, 2.05) is 12.1 Å². The van der Waals surface area contributed by atoms with E-state index in [-0.39, 0.29) is 23.7 Å². The molecule has 0 fully saturated rings. The van der Waals surface area contributed by atoms with Crippen LogP contribution in [0.1, 0.15) is 11.3 Å². The van der Waals surface area contributed by atoms with Gasteiger partial charge in [-0.15, -0.1) is 12.4 Å². The van der Waals surface area contributed by atoms with Crippen molar-refractivity contribution in [2.24, 2.45) is 19.8 Å². The lowest BCUT2D eigenvalue weighted by molar-refractivity contribution is -0.142. The van der Waals surface area contributed by atoms with Gasteiger partial charge in [-0.25, -0.2) is 4.79 Å². The number of nitrogens with zero attached hydrogens (tertiary/aromatic N) is 2. The Kier molecular flexibility index (Phi) is 6.72. The van der Waals surface area contributed by atoms with Crippen molar-refractivity contribution in [1.29, 1.82) is 0 Å². The van der Waals surface area contributed by atoms with Crippen molar-refractivity contribution in [3.8, 4) is 11.1 Å². The van der Waals surface area contributed by atoms with Crippen molar-refractivity contribution in [2.45, 2.75) is 19.4 Å². The summed E-state index contributed by atoms with van der Waals surface area (Å²) in [5.74, 6) is -0.471. The molecule has 0 unspecified atom stereocenters. The van der Waals surface area contributed by atoms with E-state index < -0.39 is 12.0 Å².